The summed E-state index contributed by atoms with van der Waals surface area (Å²) in [4.78, 5) is 35.5. The minimum absolute atomic E-state index is 0.0593. The smallest absolute Gasteiger partial charge is 0.408 e. The number of carbonyl (C=O) groups excluding carboxylic acids is 2. The molecule has 0 aliphatic heterocycles. The van der Waals surface area contributed by atoms with Gasteiger partial charge in [0.2, 0.25) is 0 Å². The molecule has 8 nitrogen and oxygen atoms in total. The molecule has 2 aromatic rings. The van der Waals surface area contributed by atoms with E-state index in [0.717, 1.165) is 11.1 Å². The Labute approximate surface area is 193 Å². The maximum Gasteiger partial charge on any atom is 0.408 e. The van der Waals surface area contributed by atoms with E-state index in [1.54, 1.807) is 45.0 Å². The summed E-state index contributed by atoms with van der Waals surface area (Å²) in [6, 6.07) is 15.3. The fourth-order valence-corrected chi connectivity index (χ4v) is 2.83. The second kappa shape index (κ2) is 12.5. The standard InChI is InChI=1S/C25H31NO7/c1-25(2,3)33-23(29)21(26-24(30)32-17-19-7-5-4-6-8-19)15-16-31-20-12-9-18(10-13-20)11-14-22(27)28/h4-10,12-13,21H,11,14-17H2,1-3H3,(H,26,30)(H,27,28). The highest BCUT2D eigenvalue weighted by Crippen LogP contribution is 2.15. The minimum atomic E-state index is -0.942. The van der Waals surface area contributed by atoms with Gasteiger partial charge < -0.3 is 24.6 Å². The summed E-state index contributed by atoms with van der Waals surface area (Å²) < 4.78 is 16.3. The fourth-order valence-electron chi connectivity index (χ4n) is 2.83. The molecule has 0 spiro atoms. The van der Waals surface area contributed by atoms with Crippen LogP contribution < -0.4 is 10.1 Å². The second-order valence-corrected chi connectivity index (χ2v) is 8.47. The van der Waals surface area contributed by atoms with E-state index in [1.807, 2.05) is 30.3 Å². The lowest BCUT2D eigenvalue weighted by molar-refractivity contribution is -0.157. The number of hydrogen-bond acceptors (Lipinski definition) is 6. The van der Waals surface area contributed by atoms with Crippen molar-refractivity contribution in [2.24, 2.45) is 0 Å². The number of carboxylic acid groups (broad SMARTS) is 1. The Balaban J connectivity index is 1.89. The fraction of sp³-hybridized carbons (Fsp3) is 0.400. The number of nitrogens with one attached hydrogen (secondary N) is 1. The lowest BCUT2D eigenvalue weighted by Gasteiger charge is -2.24. The molecule has 0 aliphatic carbocycles. The third kappa shape index (κ3) is 10.5. The summed E-state index contributed by atoms with van der Waals surface area (Å²) in [5.74, 6) is -0.853. The molecule has 1 amide bonds. The number of rotatable bonds is 11. The molecular formula is C25H31NO7. The average Bonchev–Trinajstić information content (AvgIpc) is 2.76. The van der Waals surface area contributed by atoms with E-state index < -0.39 is 29.7 Å². The first-order valence-corrected chi connectivity index (χ1v) is 10.8. The normalized spacial score (nSPS) is 11.8. The van der Waals surface area contributed by atoms with Crippen LogP contribution in [0.1, 0.15) is 44.7 Å². The first kappa shape index (κ1) is 25.7. The number of esters is 1. The van der Waals surface area contributed by atoms with E-state index in [2.05, 4.69) is 5.32 Å². The molecule has 33 heavy (non-hydrogen) atoms. The van der Waals surface area contributed by atoms with Gasteiger partial charge in [-0.05, 0) is 50.5 Å². The Morgan fingerprint density at radius 1 is 0.970 bits per heavy atom. The summed E-state index contributed by atoms with van der Waals surface area (Å²) in [7, 11) is 0. The van der Waals surface area contributed by atoms with Crippen LogP contribution >= 0.6 is 0 Å². The average molecular weight is 458 g/mol. The molecule has 0 saturated carbocycles. The van der Waals surface area contributed by atoms with Gasteiger partial charge in [0.1, 0.15) is 24.0 Å². The molecule has 1 atom stereocenters. The monoisotopic (exact) mass is 457 g/mol. The molecule has 2 N–H and O–H groups in total. The van der Waals surface area contributed by atoms with Gasteiger partial charge in [-0.15, -0.1) is 0 Å². The molecule has 0 aromatic heterocycles. The highest BCUT2D eigenvalue weighted by molar-refractivity contribution is 5.81. The van der Waals surface area contributed by atoms with Crippen molar-refractivity contribution in [1.82, 2.24) is 5.32 Å². The Bertz CT molecular complexity index is 905. The summed E-state index contributed by atoms with van der Waals surface area (Å²) in [6.07, 6.45) is -0.0526. The molecule has 0 aliphatic rings. The molecular weight excluding hydrogens is 426 g/mol. The van der Waals surface area contributed by atoms with Gasteiger partial charge in [0.05, 0.1) is 6.61 Å². The number of benzene rings is 2. The lowest BCUT2D eigenvalue weighted by Crippen LogP contribution is -2.45. The predicted octanol–water partition coefficient (Wildman–Crippen LogP) is 4.11. The maximum atomic E-state index is 12.6. The Morgan fingerprint density at radius 2 is 1.64 bits per heavy atom. The van der Waals surface area contributed by atoms with Gasteiger partial charge in [0.25, 0.3) is 0 Å². The predicted molar refractivity (Wildman–Crippen MR) is 122 cm³/mol. The summed E-state index contributed by atoms with van der Waals surface area (Å²) in [5, 5.41) is 11.3. The van der Waals surface area contributed by atoms with E-state index in [0.29, 0.717) is 12.2 Å². The quantitative estimate of drug-likeness (QED) is 0.489. The lowest BCUT2D eigenvalue weighted by atomic mass is 10.1. The van der Waals surface area contributed by atoms with Crippen LogP contribution in [-0.4, -0.2) is 41.4 Å². The summed E-state index contributed by atoms with van der Waals surface area (Å²) in [6.45, 7) is 5.48. The van der Waals surface area contributed by atoms with Gasteiger partial charge in [0, 0.05) is 12.8 Å². The molecule has 0 bridgehead atoms. The number of hydrogen-bond donors (Lipinski definition) is 2. The number of aryl methyl sites for hydroxylation is 1. The van der Waals surface area contributed by atoms with Crippen LogP contribution in [0.2, 0.25) is 0 Å². The zero-order chi connectivity index (χ0) is 24.3. The molecule has 0 saturated heterocycles. The number of aliphatic carboxylic acids is 1. The van der Waals surface area contributed by atoms with Crippen molar-refractivity contribution in [2.45, 2.75) is 58.3 Å². The van der Waals surface area contributed by atoms with Gasteiger partial charge >= 0.3 is 18.0 Å². The van der Waals surface area contributed by atoms with Gasteiger partial charge in [-0.1, -0.05) is 42.5 Å². The van der Waals surface area contributed by atoms with Crippen LogP contribution in [0.15, 0.2) is 54.6 Å². The third-order valence-corrected chi connectivity index (χ3v) is 4.42. The molecule has 2 rings (SSSR count). The Morgan fingerprint density at radius 3 is 2.24 bits per heavy atom. The SMILES string of the molecule is CC(C)(C)OC(=O)C(CCOc1ccc(CCC(=O)O)cc1)NC(=O)OCc1ccccc1. The molecule has 0 radical (unpaired) electrons. The summed E-state index contributed by atoms with van der Waals surface area (Å²) in [5.41, 5.74) is 1.01. The van der Waals surface area contributed by atoms with Crippen LogP contribution in [0.4, 0.5) is 4.79 Å². The molecule has 0 fully saturated rings. The largest absolute Gasteiger partial charge is 0.494 e. The van der Waals surface area contributed by atoms with E-state index in [-0.39, 0.29) is 26.1 Å². The second-order valence-electron chi connectivity index (χ2n) is 8.47. The van der Waals surface area contributed by atoms with Crippen LogP contribution in [-0.2, 0) is 32.1 Å². The number of carboxylic acids is 1. The van der Waals surface area contributed by atoms with Crippen molar-refractivity contribution in [2.75, 3.05) is 6.61 Å². The number of carbonyl (C=O) groups is 3. The molecule has 0 heterocycles. The molecule has 2 aromatic carbocycles. The first-order chi connectivity index (χ1) is 15.6. The van der Waals surface area contributed by atoms with Crippen LogP contribution in [0.3, 0.4) is 0 Å². The molecule has 8 heteroatoms. The van der Waals surface area contributed by atoms with Gasteiger partial charge in [-0.2, -0.15) is 0 Å². The van der Waals surface area contributed by atoms with Crippen molar-refractivity contribution >= 4 is 18.0 Å². The number of alkyl carbamates (subject to hydrolysis) is 1. The Kier molecular flexibility index (Phi) is 9.72. The highest BCUT2D eigenvalue weighted by Gasteiger charge is 2.27. The zero-order valence-corrected chi connectivity index (χ0v) is 19.2. The first-order valence-electron chi connectivity index (χ1n) is 10.8. The number of amides is 1. The van der Waals surface area contributed by atoms with Crippen molar-refractivity contribution in [1.29, 1.82) is 0 Å². The van der Waals surface area contributed by atoms with E-state index >= 15 is 0 Å². The van der Waals surface area contributed by atoms with Gasteiger partial charge in [-0.3, -0.25) is 4.79 Å². The van der Waals surface area contributed by atoms with Crippen molar-refractivity contribution in [3.8, 4) is 5.75 Å². The molecule has 178 valence electrons. The van der Waals surface area contributed by atoms with E-state index in [1.165, 1.54) is 0 Å². The van der Waals surface area contributed by atoms with Crippen molar-refractivity contribution in [3.63, 3.8) is 0 Å². The Hall–Kier alpha value is -3.55. The van der Waals surface area contributed by atoms with Crippen LogP contribution in [0.25, 0.3) is 0 Å². The molecule has 1 unspecified atom stereocenters. The van der Waals surface area contributed by atoms with Gasteiger partial charge in [0.15, 0.2) is 0 Å². The maximum absolute atomic E-state index is 12.6. The minimum Gasteiger partial charge on any atom is -0.494 e. The van der Waals surface area contributed by atoms with Crippen molar-refractivity contribution < 1.29 is 33.7 Å². The zero-order valence-electron chi connectivity index (χ0n) is 19.2. The number of ether oxygens (including phenoxy) is 3. The highest BCUT2D eigenvalue weighted by atomic mass is 16.6. The summed E-state index contributed by atoms with van der Waals surface area (Å²) >= 11 is 0. The van der Waals surface area contributed by atoms with Gasteiger partial charge in [-0.25, -0.2) is 9.59 Å². The van der Waals surface area contributed by atoms with E-state index in [9.17, 15) is 14.4 Å². The van der Waals surface area contributed by atoms with E-state index in [4.69, 9.17) is 19.3 Å². The van der Waals surface area contributed by atoms with Crippen molar-refractivity contribution in [3.05, 3.63) is 65.7 Å². The topological polar surface area (TPSA) is 111 Å². The van der Waals surface area contributed by atoms with Crippen LogP contribution in [0, 0.1) is 0 Å². The van der Waals surface area contributed by atoms with Crippen LogP contribution in [0.5, 0.6) is 5.75 Å². The third-order valence-electron chi connectivity index (χ3n) is 4.42.